The van der Waals surface area contributed by atoms with E-state index in [1.807, 2.05) is 6.92 Å². The molecule has 0 saturated carbocycles. The number of hydrogen-bond donors (Lipinski definition) is 1. The third-order valence-corrected chi connectivity index (χ3v) is 3.40. The first kappa shape index (κ1) is 16.4. The predicted octanol–water partition coefficient (Wildman–Crippen LogP) is 2.25. The van der Waals surface area contributed by atoms with E-state index in [-0.39, 0.29) is 11.7 Å². The normalized spacial score (nSPS) is 12.7. The van der Waals surface area contributed by atoms with Crippen LogP contribution in [-0.4, -0.2) is 45.3 Å². The quantitative estimate of drug-likeness (QED) is 0.555. The molecule has 0 aliphatic carbocycles. The molecular formula is C13H25N5O2. The second-order valence-corrected chi connectivity index (χ2v) is 5.01. The number of aromatic nitrogens is 2. The highest BCUT2D eigenvalue weighted by molar-refractivity contribution is 5.54. The van der Waals surface area contributed by atoms with Crippen molar-refractivity contribution in [1.29, 1.82) is 0 Å². The van der Waals surface area contributed by atoms with Crippen molar-refractivity contribution >= 4 is 11.5 Å². The highest BCUT2D eigenvalue weighted by atomic mass is 16.6. The van der Waals surface area contributed by atoms with Gasteiger partial charge in [-0.1, -0.05) is 13.8 Å². The molecule has 0 aliphatic heterocycles. The Morgan fingerprint density at radius 1 is 1.50 bits per heavy atom. The number of rotatable bonds is 9. The molecule has 7 heteroatoms. The van der Waals surface area contributed by atoms with Gasteiger partial charge < -0.3 is 10.2 Å². The van der Waals surface area contributed by atoms with Crippen LogP contribution >= 0.6 is 0 Å². The Hall–Kier alpha value is -1.63. The van der Waals surface area contributed by atoms with E-state index in [4.69, 9.17) is 0 Å². The fraction of sp³-hybridized carbons (Fsp3) is 0.769. The Balaban J connectivity index is 2.46. The van der Waals surface area contributed by atoms with E-state index in [2.05, 4.69) is 29.2 Å². The summed E-state index contributed by atoms with van der Waals surface area (Å²) < 4.78 is 1.46. The minimum Gasteiger partial charge on any atom is -0.360 e. The van der Waals surface area contributed by atoms with Crippen molar-refractivity contribution in [2.45, 2.75) is 39.7 Å². The van der Waals surface area contributed by atoms with E-state index >= 15 is 0 Å². The highest BCUT2D eigenvalue weighted by Gasteiger charge is 2.19. The van der Waals surface area contributed by atoms with E-state index in [1.54, 1.807) is 7.05 Å². The fourth-order valence-electron chi connectivity index (χ4n) is 2.18. The Kier molecular flexibility index (Phi) is 6.44. The van der Waals surface area contributed by atoms with Crippen molar-refractivity contribution in [2.75, 3.05) is 25.0 Å². The number of anilines is 1. The van der Waals surface area contributed by atoms with E-state index in [0.717, 1.165) is 32.5 Å². The maximum atomic E-state index is 10.9. The molecule has 0 amide bonds. The summed E-state index contributed by atoms with van der Waals surface area (Å²) in [4.78, 5) is 12.9. The van der Waals surface area contributed by atoms with Gasteiger partial charge in [0.15, 0.2) is 0 Å². The van der Waals surface area contributed by atoms with Crippen LogP contribution in [0, 0.1) is 10.1 Å². The third kappa shape index (κ3) is 4.80. The summed E-state index contributed by atoms with van der Waals surface area (Å²) >= 11 is 0. The highest BCUT2D eigenvalue weighted by Crippen LogP contribution is 2.22. The van der Waals surface area contributed by atoms with Crippen LogP contribution in [0.15, 0.2) is 6.20 Å². The minimum absolute atomic E-state index is 0.0306. The van der Waals surface area contributed by atoms with Crippen molar-refractivity contribution in [2.24, 2.45) is 7.05 Å². The molecular weight excluding hydrogens is 258 g/mol. The predicted molar refractivity (Wildman–Crippen MR) is 80.0 cm³/mol. The van der Waals surface area contributed by atoms with Crippen molar-refractivity contribution in [3.05, 3.63) is 16.3 Å². The molecule has 7 nitrogen and oxygen atoms in total. The molecule has 0 radical (unpaired) electrons. The Bertz CT molecular complexity index is 428. The van der Waals surface area contributed by atoms with Crippen LogP contribution in [0.2, 0.25) is 0 Å². The molecule has 20 heavy (non-hydrogen) atoms. The number of nitrogens with one attached hydrogen (secondary N) is 1. The van der Waals surface area contributed by atoms with Crippen LogP contribution in [0.5, 0.6) is 0 Å². The molecule has 0 aliphatic rings. The lowest BCUT2D eigenvalue weighted by Crippen LogP contribution is -2.25. The average Bonchev–Trinajstić information content (AvgIpc) is 2.75. The SMILES string of the molecule is CCN(CC)CCCC(C)Nc1nn(C)cc1[N+](=O)[O-]. The van der Waals surface area contributed by atoms with Crippen molar-refractivity contribution in [3.8, 4) is 0 Å². The summed E-state index contributed by atoms with van der Waals surface area (Å²) in [6.45, 7) is 9.52. The zero-order valence-electron chi connectivity index (χ0n) is 12.8. The van der Waals surface area contributed by atoms with Crippen LogP contribution in [0.4, 0.5) is 11.5 Å². The van der Waals surface area contributed by atoms with Gasteiger partial charge in [-0.15, -0.1) is 5.10 Å². The largest absolute Gasteiger partial charge is 0.360 e. The summed E-state index contributed by atoms with van der Waals surface area (Å²) in [6.07, 6.45) is 3.45. The Labute approximate surface area is 120 Å². The van der Waals surface area contributed by atoms with E-state index in [0.29, 0.717) is 5.82 Å². The first-order chi connectivity index (χ1) is 9.47. The van der Waals surface area contributed by atoms with Gasteiger partial charge in [-0.05, 0) is 39.4 Å². The van der Waals surface area contributed by atoms with Gasteiger partial charge in [-0.3, -0.25) is 14.8 Å². The van der Waals surface area contributed by atoms with Gasteiger partial charge in [0.25, 0.3) is 0 Å². The lowest BCUT2D eigenvalue weighted by atomic mass is 10.1. The lowest BCUT2D eigenvalue weighted by molar-refractivity contribution is -0.384. The van der Waals surface area contributed by atoms with Crippen molar-refractivity contribution in [3.63, 3.8) is 0 Å². The lowest BCUT2D eigenvalue weighted by Gasteiger charge is -2.19. The third-order valence-electron chi connectivity index (χ3n) is 3.40. The molecule has 0 aromatic carbocycles. The van der Waals surface area contributed by atoms with Gasteiger partial charge in [-0.25, -0.2) is 0 Å². The number of hydrogen-bond acceptors (Lipinski definition) is 5. The summed E-state index contributed by atoms with van der Waals surface area (Å²) in [5.41, 5.74) is 0.0306. The van der Waals surface area contributed by atoms with E-state index < -0.39 is 4.92 Å². The fourth-order valence-corrected chi connectivity index (χ4v) is 2.18. The van der Waals surface area contributed by atoms with Crippen molar-refractivity contribution in [1.82, 2.24) is 14.7 Å². The summed E-state index contributed by atoms with van der Waals surface area (Å²) in [5, 5.41) is 18.1. The van der Waals surface area contributed by atoms with Gasteiger partial charge in [-0.2, -0.15) is 0 Å². The molecule has 1 atom stereocenters. The van der Waals surface area contributed by atoms with Gasteiger partial charge in [0.2, 0.25) is 5.82 Å². The van der Waals surface area contributed by atoms with Gasteiger partial charge >= 0.3 is 5.69 Å². The maximum absolute atomic E-state index is 10.9. The summed E-state index contributed by atoms with van der Waals surface area (Å²) in [7, 11) is 1.68. The molecule has 0 fully saturated rings. The first-order valence-corrected chi connectivity index (χ1v) is 7.14. The van der Waals surface area contributed by atoms with Crippen molar-refractivity contribution < 1.29 is 4.92 Å². The number of nitro groups is 1. The van der Waals surface area contributed by atoms with Crippen LogP contribution in [0.1, 0.15) is 33.6 Å². The molecule has 1 heterocycles. The molecule has 1 N–H and O–H groups in total. The standard InChI is InChI=1S/C13H25N5O2/c1-5-17(6-2)9-7-8-11(3)14-13-12(18(19)20)10-16(4)15-13/h10-11H,5-9H2,1-4H3,(H,14,15). The second kappa shape index (κ2) is 7.84. The Morgan fingerprint density at radius 3 is 2.70 bits per heavy atom. The van der Waals surface area contributed by atoms with Crippen LogP contribution < -0.4 is 5.32 Å². The molecule has 0 spiro atoms. The van der Waals surface area contributed by atoms with Gasteiger partial charge in [0.05, 0.1) is 4.92 Å². The van der Waals surface area contributed by atoms with Gasteiger partial charge in [0, 0.05) is 13.1 Å². The minimum atomic E-state index is -0.405. The van der Waals surface area contributed by atoms with Crippen LogP contribution in [0.25, 0.3) is 0 Å². The average molecular weight is 283 g/mol. The molecule has 0 saturated heterocycles. The molecule has 1 rings (SSSR count). The second-order valence-electron chi connectivity index (χ2n) is 5.01. The zero-order chi connectivity index (χ0) is 15.1. The Morgan fingerprint density at radius 2 is 2.15 bits per heavy atom. The maximum Gasteiger partial charge on any atom is 0.330 e. The first-order valence-electron chi connectivity index (χ1n) is 7.14. The monoisotopic (exact) mass is 283 g/mol. The van der Waals surface area contributed by atoms with E-state index in [1.165, 1.54) is 10.9 Å². The number of aryl methyl sites for hydroxylation is 1. The zero-order valence-corrected chi connectivity index (χ0v) is 12.8. The molecule has 1 aromatic heterocycles. The van der Waals surface area contributed by atoms with Crippen LogP contribution in [0.3, 0.4) is 0 Å². The van der Waals surface area contributed by atoms with E-state index in [9.17, 15) is 10.1 Å². The summed E-state index contributed by atoms with van der Waals surface area (Å²) in [5.74, 6) is 0.354. The summed E-state index contributed by atoms with van der Waals surface area (Å²) in [6, 6.07) is 0.166. The topological polar surface area (TPSA) is 76.2 Å². The molecule has 114 valence electrons. The molecule has 1 unspecified atom stereocenters. The smallest absolute Gasteiger partial charge is 0.330 e. The van der Waals surface area contributed by atoms with Crippen LogP contribution in [-0.2, 0) is 7.05 Å². The van der Waals surface area contributed by atoms with Gasteiger partial charge in [0.1, 0.15) is 6.20 Å². The molecule has 0 bridgehead atoms. The molecule has 1 aromatic rings. The number of nitrogens with zero attached hydrogens (tertiary/aromatic N) is 4.